The maximum Gasteiger partial charge on any atom is 0.242 e. The molecule has 5 nitrogen and oxygen atoms in total. The average molecular weight is 351 g/mol. The molecule has 0 fully saturated rings. The van der Waals surface area contributed by atoms with E-state index >= 15 is 0 Å². The van der Waals surface area contributed by atoms with Crippen molar-refractivity contribution in [1.29, 1.82) is 0 Å². The molecule has 0 aliphatic rings. The van der Waals surface area contributed by atoms with E-state index in [2.05, 4.69) is 20.7 Å². The Morgan fingerprint density at radius 2 is 2.11 bits per heavy atom. The lowest BCUT2D eigenvalue weighted by atomic mass is 10.3. The molecule has 3 N–H and O–H groups in total. The molecule has 1 aromatic carbocycles. The highest BCUT2D eigenvalue weighted by Gasteiger charge is 2.16. The second-order valence-electron chi connectivity index (χ2n) is 4.05. The van der Waals surface area contributed by atoms with Gasteiger partial charge in [0.1, 0.15) is 4.90 Å². The SMILES string of the molecule is CCCOCCCNS(=O)(=O)c1ccc(Br)cc1N. The Morgan fingerprint density at radius 1 is 1.37 bits per heavy atom. The fraction of sp³-hybridized carbons (Fsp3) is 0.500. The molecule has 0 heterocycles. The van der Waals surface area contributed by atoms with Crippen molar-refractivity contribution in [2.45, 2.75) is 24.7 Å². The summed E-state index contributed by atoms with van der Waals surface area (Å²) in [4.78, 5) is 0.102. The van der Waals surface area contributed by atoms with Crippen LogP contribution in [-0.4, -0.2) is 28.2 Å². The van der Waals surface area contributed by atoms with E-state index in [-0.39, 0.29) is 10.6 Å². The molecule has 7 heteroatoms. The van der Waals surface area contributed by atoms with Crippen LogP contribution in [0, 0.1) is 0 Å². The van der Waals surface area contributed by atoms with Gasteiger partial charge in [-0.25, -0.2) is 13.1 Å². The summed E-state index contributed by atoms with van der Waals surface area (Å²) >= 11 is 3.24. The zero-order chi connectivity index (χ0) is 14.3. The Morgan fingerprint density at radius 3 is 2.74 bits per heavy atom. The molecule has 0 aromatic heterocycles. The highest BCUT2D eigenvalue weighted by atomic mass is 79.9. The highest BCUT2D eigenvalue weighted by Crippen LogP contribution is 2.22. The maximum absolute atomic E-state index is 12.0. The molecular weight excluding hydrogens is 332 g/mol. The third-order valence-corrected chi connectivity index (χ3v) is 4.40. The minimum Gasteiger partial charge on any atom is -0.398 e. The predicted molar refractivity (Wildman–Crippen MR) is 79.5 cm³/mol. The van der Waals surface area contributed by atoms with Gasteiger partial charge in [0.05, 0.1) is 5.69 Å². The van der Waals surface area contributed by atoms with E-state index in [4.69, 9.17) is 10.5 Å². The number of hydrogen-bond acceptors (Lipinski definition) is 4. The van der Waals surface area contributed by atoms with Gasteiger partial charge in [-0.15, -0.1) is 0 Å². The lowest BCUT2D eigenvalue weighted by Crippen LogP contribution is -2.26. The lowest BCUT2D eigenvalue weighted by Gasteiger charge is -2.09. The van der Waals surface area contributed by atoms with E-state index in [0.717, 1.165) is 10.9 Å². The topological polar surface area (TPSA) is 81.4 Å². The number of ether oxygens (including phenoxy) is 1. The third kappa shape index (κ3) is 5.48. The van der Waals surface area contributed by atoms with Crippen LogP contribution in [-0.2, 0) is 14.8 Å². The summed E-state index contributed by atoms with van der Waals surface area (Å²) in [7, 11) is -3.55. The first-order valence-electron chi connectivity index (χ1n) is 6.10. The summed E-state index contributed by atoms with van der Waals surface area (Å²) in [5, 5.41) is 0. The van der Waals surface area contributed by atoms with Gasteiger partial charge < -0.3 is 10.5 Å². The van der Waals surface area contributed by atoms with Crippen molar-refractivity contribution in [2.24, 2.45) is 0 Å². The number of nitrogen functional groups attached to an aromatic ring is 1. The van der Waals surface area contributed by atoms with E-state index in [9.17, 15) is 8.42 Å². The van der Waals surface area contributed by atoms with Crippen LogP contribution in [0.15, 0.2) is 27.6 Å². The van der Waals surface area contributed by atoms with Gasteiger partial charge in [0.15, 0.2) is 0 Å². The van der Waals surface area contributed by atoms with Crippen LogP contribution in [0.4, 0.5) is 5.69 Å². The van der Waals surface area contributed by atoms with Gasteiger partial charge >= 0.3 is 0 Å². The van der Waals surface area contributed by atoms with Crippen molar-refractivity contribution in [3.05, 3.63) is 22.7 Å². The van der Waals surface area contributed by atoms with Gasteiger partial charge in [-0.3, -0.25) is 0 Å². The molecule has 0 saturated heterocycles. The largest absolute Gasteiger partial charge is 0.398 e. The molecule has 0 aliphatic carbocycles. The fourth-order valence-electron chi connectivity index (χ4n) is 1.47. The molecule has 0 amide bonds. The first-order valence-corrected chi connectivity index (χ1v) is 8.37. The van der Waals surface area contributed by atoms with Crippen LogP contribution in [0.2, 0.25) is 0 Å². The molecule has 0 spiro atoms. The Bertz CT molecular complexity index is 506. The summed E-state index contributed by atoms with van der Waals surface area (Å²) in [6.45, 7) is 3.61. The first-order chi connectivity index (χ1) is 8.97. The Labute approximate surface area is 122 Å². The standard InChI is InChI=1S/C12H19BrN2O3S/c1-2-7-18-8-3-6-15-19(16,17)12-5-4-10(13)9-11(12)14/h4-5,9,15H,2-3,6-8,14H2,1H3. The average Bonchev–Trinajstić information content (AvgIpc) is 2.33. The molecule has 108 valence electrons. The normalized spacial score (nSPS) is 11.7. The second kappa shape index (κ2) is 7.84. The summed E-state index contributed by atoms with van der Waals surface area (Å²) in [6.07, 6.45) is 1.59. The Hall–Kier alpha value is -0.630. The molecule has 0 aliphatic heterocycles. The molecule has 0 saturated carbocycles. The van der Waals surface area contributed by atoms with E-state index in [0.29, 0.717) is 26.2 Å². The summed E-state index contributed by atoms with van der Waals surface area (Å²) in [5.74, 6) is 0. The number of hydrogen-bond donors (Lipinski definition) is 2. The molecule has 0 bridgehead atoms. The first kappa shape index (κ1) is 16.4. The van der Waals surface area contributed by atoms with Gasteiger partial charge in [0, 0.05) is 24.2 Å². The van der Waals surface area contributed by atoms with Crippen LogP contribution in [0.3, 0.4) is 0 Å². The third-order valence-electron chi connectivity index (χ3n) is 2.37. The Kier molecular flexibility index (Phi) is 6.78. The van der Waals surface area contributed by atoms with E-state index < -0.39 is 10.0 Å². The summed E-state index contributed by atoms with van der Waals surface area (Å²) in [5.41, 5.74) is 5.93. The van der Waals surface area contributed by atoms with Gasteiger partial charge in [0.25, 0.3) is 0 Å². The van der Waals surface area contributed by atoms with E-state index in [1.54, 1.807) is 12.1 Å². The summed E-state index contributed by atoms with van der Waals surface area (Å²) in [6, 6.07) is 4.70. The molecule has 0 radical (unpaired) electrons. The number of nitrogens with two attached hydrogens (primary N) is 1. The molecule has 1 aromatic rings. The second-order valence-corrected chi connectivity index (χ2v) is 6.70. The van der Waals surface area contributed by atoms with Crippen molar-refractivity contribution in [3.63, 3.8) is 0 Å². The van der Waals surface area contributed by atoms with Crippen LogP contribution in [0.25, 0.3) is 0 Å². The van der Waals surface area contributed by atoms with Crippen LogP contribution >= 0.6 is 15.9 Å². The number of benzene rings is 1. The lowest BCUT2D eigenvalue weighted by molar-refractivity contribution is 0.133. The number of rotatable bonds is 8. The van der Waals surface area contributed by atoms with Crippen molar-refractivity contribution in [3.8, 4) is 0 Å². The molecule has 0 unspecified atom stereocenters. The number of anilines is 1. The summed E-state index contributed by atoms with van der Waals surface area (Å²) < 4.78 is 32.5. The minimum absolute atomic E-state index is 0.102. The van der Waals surface area contributed by atoms with Crippen molar-refractivity contribution < 1.29 is 13.2 Å². The van der Waals surface area contributed by atoms with Gasteiger partial charge in [-0.05, 0) is 31.0 Å². The number of halogens is 1. The highest BCUT2D eigenvalue weighted by molar-refractivity contribution is 9.10. The fourth-order valence-corrected chi connectivity index (χ4v) is 3.03. The van der Waals surface area contributed by atoms with Crippen molar-refractivity contribution in [2.75, 3.05) is 25.5 Å². The molecule has 0 atom stereocenters. The predicted octanol–water partition coefficient (Wildman–Crippen LogP) is 2.13. The van der Waals surface area contributed by atoms with Crippen LogP contribution in [0.1, 0.15) is 19.8 Å². The van der Waals surface area contributed by atoms with Gasteiger partial charge in [-0.1, -0.05) is 22.9 Å². The van der Waals surface area contributed by atoms with Gasteiger partial charge in [-0.2, -0.15) is 0 Å². The van der Waals surface area contributed by atoms with E-state index in [1.165, 1.54) is 6.07 Å². The Balaban J connectivity index is 2.52. The van der Waals surface area contributed by atoms with Crippen LogP contribution in [0.5, 0.6) is 0 Å². The van der Waals surface area contributed by atoms with Crippen LogP contribution < -0.4 is 10.5 Å². The molecule has 1 rings (SSSR count). The molecule has 19 heavy (non-hydrogen) atoms. The van der Waals surface area contributed by atoms with Gasteiger partial charge in [0.2, 0.25) is 10.0 Å². The van der Waals surface area contributed by atoms with E-state index in [1.807, 2.05) is 6.92 Å². The van der Waals surface area contributed by atoms with Crippen molar-refractivity contribution >= 4 is 31.6 Å². The maximum atomic E-state index is 12.0. The zero-order valence-electron chi connectivity index (χ0n) is 10.9. The quantitative estimate of drug-likeness (QED) is 0.555. The monoisotopic (exact) mass is 350 g/mol. The number of nitrogens with one attached hydrogen (secondary N) is 1. The smallest absolute Gasteiger partial charge is 0.242 e. The molecular formula is C12H19BrN2O3S. The number of sulfonamides is 1. The zero-order valence-corrected chi connectivity index (χ0v) is 13.3. The van der Waals surface area contributed by atoms with Crippen molar-refractivity contribution in [1.82, 2.24) is 4.72 Å². The minimum atomic E-state index is -3.55.